The first-order valence-corrected chi connectivity index (χ1v) is 4.01. The summed E-state index contributed by atoms with van der Waals surface area (Å²) in [7, 11) is 2.16. The molecule has 0 aromatic carbocycles. The van der Waals surface area contributed by atoms with E-state index < -0.39 is 0 Å². The zero-order valence-corrected chi connectivity index (χ0v) is 6.95. The predicted octanol–water partition coefficient (Wildman–Crippen LogP) is 0.684. The van der Waals surface area contributed by atoms with Crippen LogP contribution in [0.25, 0.3) is 0 Å². The molecular formula is C9H14N2. The first-order chi connectivity index (χ1) is 5.24. The summed E-state index contributed by atoms with van der Waals surface area (Å²) in [4.78, 5) is 4.65. The fraction of sp³-hybridized carbons (Fsp3) is 0.556. The van der Waals surface area contributed by atoms with Crippen molar-refractivity contribution in [2.24, 2.45) is 0 Å². The molecule has 2 saturated heterocycles. The Morgan fingerprint density at radius 1 is 1.45 bits per heavy atom. The van der Waals surface area contributed by atoms with Crippen molar-refractivity contribution in [3.05, 3.63) is 24.9 Å². The maximum Gasteiger partial charge on any atom is 0.0637 e. The third-order valence-corrected chi connectivity index (χ3v) is 2.87. The van der Waals surface area contributed by atoms with E-state index in [0.717, 1.165) is 13.1 Å². The average molecular weight is 150 g/mol. The lowest BCUT2D eigenvalue weighted by Crippen LogP contribution is -2.41. The van der Waals surface area contributed by atoms with Gasteiger partial charge >= 0.3 is 0 Å². The zero-order valence-electron chi connectivity index (χ0n) is 6.95. The summed E-state index contributed by atoms with van der Waals surface area (Å²) >= 11 is 0. The second-order valence-corrected chi connectivity index (χ2v) is 3.43. The molecule has 2 atom stereocenters. The van der Waals surface area contributed by atoms with Crippen LogP contribution in [-0.2, 0) is 0 Å². The van der Waals surface area contributed by atoms with Crippen molar-refractivity contribution in [3.8, 4) is 0 Å². The molecule has 0 N–H and O–H groups in total. The number of fused-ring (bicyclic) bond motifs is 2. The van der Waals surface area contributed by atoms with Gasteiger partial charge in [-0.15, -0.1) is 0 Å². The van der Waals surface area contributed by atoms with Crippen molar-refractivity contribution in [3.63, 3.8) is 0 Å². The molecule has 0 aliphatic carbocycles. The van der Waals surface area contributed by atoms with Gasteiger partial charge in [-0.3, -0.25) is 4.90 Å². The number of piperazine rings is 1. The highest BCUT2D eigenvalue weighted by atomic mass is 15.3. The maximum absolute atomic E-state index is 4.10. The summed E-state index contributed by atoms with van der Waals surface area (Å²) in [5, 5.41) is 0. The van der Waals surface area contributed by atoms with E-state index in [2.05, 4.69) is 30.0 Å². The minimum atomic E-state index is 0.544. The highest BCUT2D eigenvalue weighted by Gasteiger charge is 2.42. The Morgan fingerprint density at radius 3 is 2.55 bits per heavy atom. The van der Waals surface area contributed by atoms with E-state index in [4.69, 9.17) is 0 Å². The molecule has 60 valence electrons. The van der Waals surface area contributed by atoms with E-state index in [0.29, 0.717) is 12.1 Å². The molecule has 0 saturated carbocycles. The molecule has 0 radical (unpaired) electrons. The summed E-state index contributed by atoms with van der Waals surface area (Å²) in [5.41, 5.74) is 1.37. The molecule has 2 heterocycles. The van der Waals surface area contributed by atoms with Gasteiger partial charge in [0.05, 0.1) is 6.04 Å². The molecule has 2 rings (SSSR count). The molecular weight excluding hydrogens is 136 g/mol. The minimum Gasteiger partial charge on any atom is -0.368 e. The highest BCUT2D eigenvalue weighted by Crippen LogP contribution is 2.33. The van der Waals surface area contributed by atoms with Crippen LogP contribution in [0.4, 0.5) is 0 Å². The van der Waals surface area contributed by atoms with Crippen LogP contribution in [0.15, 0.2) is 24.9 Å². The highest BCUT2D eigenvalue weighted by molar-refractivity contribution is 5.28. The fourth-order valence-electron chi connectivity index (χ4n) is 2.13. The topological polar surface area (TPSA) is 6.48 Å². The van der Waals surface area contributed by atoms with E-state index in [1.807, 2.05) is 6.20 Å². The molecule has 11 heavy (non-hydrogen) atoms. The number of likely N-dealkylation sites (N-methyl/N-ethyl adjacent to an activating group) is 1. The summed E-state index contributed by atoms with van der Waals surface area (Å²) < 4.78 is 0. The smallest absolute Gasteiger partial charge is 0.0637 e. The SMILES string of the molecule is C=CN1C[C@@H]2C(=C)[C@H]1CN2C. The van der Waals surface area contributed by atoms with Gasteiger partial charge in [0.2, 0.25) is 0 Å². The van der Waals surface area contributed by atoms with E-state index in [1.165, 1.54) is 5.57 Å². The van der Waals surface area contributed by atoms with Gasteiger partial charge < -0.3 is 4.90 Å². The quantitative estimate of drug-likeness (QED) is 0.507. The van der Waals surface area contributed by atoms with Crippen LogP contribution in [0.2, 0.25) is 0 Å². The van der Waals surface area contributed by atoms with E-state index in [9.17, 15) is 0 Å². The van der Waals surface area contributed by atoms with Crippen LogP contribution in [0.5, 0.6) is 0 Å². The van der Waals surface area contributed by atoms with Crippen LogP contribution in [0.1, 0.15) is 0 Å². The summed E-state index contributed by atoms with van der Waals surface area (Å²) in [6.07, 6.45) is 1.93. The second-order valence-electron chi connectivity index (χ2n) is 3.43. The normalized spacial score (nSPS) is 36.8. The maximum atomic E-state index is 4.10. The van der Waals surface area contributed by atoms with Crippen LogP contribution < -0.4 is 0 Å². The molecule has 0 spiro atoms. The molecule has 0 aromatic rings. The Hall–Kier alpha value is -0.760. The minimum absolute atomic E-state index is 0.544. The number of hydrogen-bond donors (Lipinski definition) is 0. The zero-order chi connectivity index (χ0) is 8.01. The van der Waals surface area contributed by atoms with E-state index >= 15 is 0 Å². The lowest BCUT2D eigenvalue weighted by atomic mass is 10.1. The van der Waals surface area contributed by atoms with Crippen LogP contribution in [0.3, 0.4) is 0 Å². The third-order valence-electron chi connectivity index (χ3n) is 2.87. The van der Waals surface area contributed by atoms with Gasteiger partial charge in [0, 0.05) is 19.1 Å². The third kappa shape index (κ3) is 0.760. The van der Waals surface area contributed by atoms with Gasteiger partial charge in [-0.2, -0.15) is 0 Å². The molecule has 2 bridgehead atoms. The second kappa shape index (κ2) is 2.11. The Kier molecular flexibility index (Phi) is 1.33. The summed E-state index contributed by atoms with van der Waals surface area (Å²) in [6, 6.07) is 1.13. The molecule has 2 aliphatic heterocycles. The number of likely N-dealkylation sites (tertiary alicyclic amines) is 2. The van der Waals surface area contributed by atoms with E-state index in [1.54, 1.807) is 0 Å². The molecule has 0 amide bonds. The molecule has 2 fully saturated rings. The Morgan fingerprint density at radius 2 is 2.18 bits per heavy atom. The van der Waals surface area contributed by atoms with Crippen LogP contribution >= 0.6 is 0 Å². The van der Waals surface area contributed by atoms with Crippen LogP contribution in [-0.4, -0.2) is 42.0 Å². The first kappa shape index (κ1) is 6.92. The summed E-state index contributed by atoms with van der Waals surface area (Å²) in [6.45, 7) is 10.1. The fourth-order valence-corrected chi connectivity index (χ4v) is 2.13. The molecule has 2 heteroatoms. The predicted molar refractivity (Wildman–Crippen MR) is 46.2 cm³/mol. The lowest BCUT2D eigenvalue weighted by molar-refractivity contribution is 0.194. The van der Waals surface area contributed by atoms with Gasteiger partial charge in [0.15, 0.2) is 0 Å². The molecule has 0 aromatic heterocycles. The van der Waals surface area contributed by atoms with Gasteiger partial charge in [-0.25, -0.2) is 0 Å². The first-order valence-electron chi connectivity index (χ1n) is 4.01. The Labute approximate surface area is 67.8 Å². The van der Waals surface area contributed by atoms with Gasteiger partial charge in [0.1, 0.15) is 0 Å². The lowest BCUT2D eigenvalue weighted by Gasteiger charge is -2.29. The van der Waals surface area contributed by atoms with Crippen molar-refractivity contribution in [1.82, 2.24) is 9.80 Å². The van der Waals surface area contributed by atoms with Gasteiger partial charge in [-0.05, 0) is 18.8 Å². The molecule has 2 aliphatic rings. The van der Waals surface area contributed by atoms with Crippen molar-refractivity contribution < 1.29 is 0 Å². The van der Waals surface area contributed by atoms with Crippen molar-refractivity contribution >= 4 is 0 Å². The van der Waals surface area contributed by atoms with Crippen molar-refractivity contribution in [1.29, 1.82) is 0 Å². The molecule has 0 unspecified atom stereocenters. The monoisotopic (exact) mass is 150 g/mol. The number of hydrogen-bond acceptors (Lipinski definition) is 2. The largest absolute Gasteiger partial charge is 0.368 e. The Bertz CT molecular complexity index is 210. The van der Waals surface area contributed by atoms with Crippen molar-refractivity contribution in [2.75, 3.05) is 20.1 Å². The Balaban J connectivity index is 2.23. The van der Waals surface area contributed by atoms with Gasteiger partial charge in [0.25, 0.3) is 0 Å². The average Bonchev–Trinajstić information content (AvgIpc) is 2.43. The summed E-state index contributed by atoms with van der Waals surface area (Å²) in [5.74, 6) is 0. The van der Waals surface area contributed by atoms with E-state index in [-0.39, 0.29) is 0 Å². The van der Waals surface area contributed by atoms with Gasteiger partial charge in [-0.1, -0.05) is 13.2 Å². The van der Waals surface area contributed by atoms with Crippen molar-refractivity contribution in [2.45, 2.75) is 12.1 Å². The number of rotatable bonds is 1. The standard InChI is InChI=1S/C9H14N2/c1-4-11-6-8-7(2)9(11)5-10(8)3/h4,8-9H,1-2,5-6H2,3H3/t8-,9-/m1/s1. The number of nitrogens with zero attached hydrogens (tertiary/aromatic N) is 2. The van der Waals surface area contributed by atoms with Crippen LogP contribution in [0, 0.1) is 0 Å². The molecule has 2 nitrogen and oxygen atoms in total.